The van der Waals surface area contributed by atoms with Gasteiger partial charge in [-0.3, -0.25) is 0 Å². The Bertz CT molecular complexity index is 738. The number of hydrogen-bond acceptors (Lipinski definition) is 4. The molecule has 124 valence electrons. The third kappa shape index (κ3) is 2.36. The number of fused-ring (bicyclic) bond motifs is 2. The number of hydrogen-bond donors (Lipinski definition) is 1. The minimum atomic E-state index is 0.473. The van der Waals surface area contributed by atoms with Crippen molar-refractivity contribution in [1.82, 2.24) is 9.97 Å². The maximum absolute atomic E-state index is 4.60. The second-order valence-corrected chi connectivity index (χ2v) is 7.46. The predicted molar refractivity (Wildman–Crippen MR) is 96.4 cm³/mol. The van der Waals surface area contributed by atoms with Gasteiger partial charge in [-0.15, -0.1) is 0 Å². The molecule has 1 saturated carbocycles. The Morgan fingerprint density at radius 3 is 2.67 bits per heavy atom. The summed E-state index contributed by atoms with van der Waals surface area (Å²) in [5.41, 5.74) is 3.06. The molecule has 4 aliphatic rings. The molecule has 4 nitrogen and oxygen atoms in total. The zero-order valence-corrected chi connectivity index (χ0v) is 14.0. The Morgan fingerprint density at radius 1 is 0.958 bits per heavy atom. The standard InChI is InChI=1S/C20H24N4/c1-2-6-15(5-1)23-19-11-20(22-13-21-19)24-12-14-9-10-18(24)17-8-4-3-7-16(14)17/h3-4,7-8,11,13-15,18H,1-2,5-6,9-10,12H2,(H,21,22,23)/t14-,18+/m0/s1. The molecule has 1 aromatic heterocycles. The normalized spacial score (nSPS) is 25.8. The summed E-state index contributed by atoms with van der Waals surface area (Å²) in [5, 5.41) is 3.61. The van der Waals surface area contributed by atoms with E-state index < -0.39 is 0 Å². The molecule has 2 aliphatic heterocycles. The summed E-state index contributed by atoms with van der Waals surface area (Å²) in [7, 11) is 0. The van der Waals surface area contributed by atoms with Crippen LogP contribution in [0.25, 0.3) is 0 Å². The Labute approximate surface area is 143 Å². The minimum Gasteiger partial charge on any atom is -0.367 e. The molecule has 6 rings (SSSR count). The van der Waals surface area contributed by atoms with Crippen molar-refractivity contribution < 1.29 is 0 Å². The van der Waals surface area contributed by atoms with Gasteiger partial charge in [0, 0.05) is 24.6 Å². The molecular formula is C20H24N4. The first kappa shape index (κ1) is 14.3. The van der Waals surface area contributed by atoms with Crippen molar-refractivity contribution in [2.24, 2.45) is 0 Å². The fourth-order valence-corrected chi connectivity index (χ4v) is 4.85. The van der Waals surface area contributed by atoms with E-state index >= 15 is 0 Å². The van der Waals surface area contributed by atoms with Gasteiger partial charge in [0.15, 0.2) is 0 Å². The molecule has 2 aromatic rings. The lowest BCUT2D eigenvalue weighted by atomic mass is 9.75. The maximum Gasteiger partial charge on any atom is 0.134 e. The number of aromatic nitrogens is 2. The van der Waals surface area contributed by atoms with Gasteiger partial charge >= 0.3 is 0 Å². The first-order chi connectivity index (χ1) is 11.9. The smallest absolute Gasteiger partial charge is 0.134 e. The first-order valence-corrected chi connectivity index (χ1v) is 9.32. The Kier molecular flexibility index (Phi) is 3.42. The summed E-state index contributed by atoms with van der Waals surface area (Å²) >= 11 is 0. The quantitative estimate of drug-likeness (QED) is 0.917. The molecule has 1 saturated heterocycles. The third-order valence-electron chi connectivity index (χ3n) is 6.03. The topological polar surface area (TPSA) is 41.0 Å². The number of benzene rings is 1. The lowest BCUT2D eigenvalue weighted by Gasteiger charge is -2.47. The highest BCUT2D eigenvalue weighted by Gasteiger charge is 2.38. The van der Waals surface area contributed by atoms with Crippen LogP contribution in [0, 0.1) is 0 Å². The number of anilines is 2. The van der Waals surface area contributed by atoms with Gasteiger partial charge in [0.1, 0.15) is 18.0 Å². The van der Waals surface area contributed by atoms with E-state index in [1.165, 1.54) is 44.1 Å². The van der Waals surface area contributed by atoms with Crippen LogP contribution < -0.4 is 10.2 Å². The summed E-state index contributed by atoms with van der Waals surface area (Å²) in [6.07, 6.45) is 9.46. The minimum absolute atomic E-state index is 0.473. The van der Waals surface area contributed by atoms with Crippen molar-refractivity contribution in [2.45, 2.75) is 56.5 Å². The summed E-state index contributed by atoms with van der Waals surface area (Å²) in [4.78, 5) is 11.6. The first-order valence-electron chi connectivity index (χ1n) is 9.32. The number of nitrogens with zero attached hydrogens (tertiary/aromatic N) is 3. The molecule has 0 radical (unpaired) electrons. The highest BCUT2D eigenvalue weighted by molar-refractivity contribution is 5.55. The van der Waals surface area contributed by atoms with Crippen LogP contribution in [-0.2, 0) is 0 Å². The van der Waals surface area contributed by atoms with Crippen LogP contribution in [-0.4, -0.2) is 22.6 Å². The van der Waals surface area contributed by atoms with Crippen LogP contribution in [0.1, 0.15) is 61.6 Å². The van der Waals surface area contributed by atoms with E-state index in [4.69, 9.17) is 0 Å². The number of nitrogens with one attached hydrogen (secondary N) is 1. The van der Waals surface area contributed by atoms with Crippen molar-refractivity contribution in [1.29, 1.82) is 0 Å². The van der Waals surface area contributed by atoms with Gasteiger partial charge in [-0.05, 0) is 36.8 Å². The van der Waals surface area contributed by atoms with Crippen LogP contribution in [0.15, 0.2) is 36.7 Å². The summed E-state index contributed by atoms with van der Waals surface area (Å²) in [5.74, 6) is 2.71. The van der Waals surface area contributed by atoms with Gasteiger partial charge in [0.05, 0.1) is 6.04 Å². The average molecular weight is 320 g/mol. The molecule has 1 N–H and O–H groups in total. The highest BCUT2D eigenvalue weighted by atomic mass is 15.2. The van der Waals surface area contributed by atoms with Crippen LogP contribution in [0.3, 0.4) is 0 Å². The molecule has 2 atom stereocenters. The molecule has 3 heterocycles. The largest absolute Gasteiger partial charge is 0.367 e. The summed E-state index contributed by atoms with van der Waals surface area (Å²) in [6.45, 7) is 1.08. The van der Waals surface area contributed by atoms with Gasteiger partial charge in [-0.25, -0.2) is 9.97 Å². The van der Waals surface area contributed by atoms with E-state index in [2.05, 4.69) is 50.5 Å². The molecule has 4 heteroatoms. The van der Waals surface area contributed by atoms with E-state index in [0.29, 0.717) is 18.0 Å². The fraction of sp³-hybridized carbons (Fsp3) is 0.500. The summed E-state index contributed by atoms with van der Waals surface area (Å²) < 4.78 is 0. The molecule has 2 bridgehead atoms. The van der Waals surface area contributed by atoms with Crippen molar-refractivity contribution in [2.75, 3.05) is 16.8 Å². The van der Waals surface area contributed by atoms with Crippen LogP contribution >= 0.6 is 0 Å². The Balaban J connectivity index is 1.43. The number of piperidine rings is 1. The van der Waals surface area contributed by atoms with E-state index in [9.17, 15) is 0 Å². The van der Waals surface area contributed by atoms with Gasteiger partial charge in [-0.2, -0.15) is 0 Å². The lowest BCUT2D eigenvalue weighted by Crippen LogP contribution is -2.42. The highest BCUT2D eigenvalue weighted by Crippen LogP contribution is 2.47. The third-order valence-corrected chi connectivity index (χ3v) is 6.03. The summed E-state index contributed by atoms with van der Waals surface area (Å²) in [6, 6.07) is 12.2. The zero-order chi connectivity index (χ0) is 15.9. The van der Waals surface area contributed by atoms with Gasteiger partial charge in [0.25, 0.3) is 0 Å². The Hall–Kier alpha value is -2.10. The van der Waals surface area contributed by atoms with Crippen molar-refractivity contribution in [3.63, 3.8) is 0 Å². The van der Waals surface area contributed by atoms with E-state index in [-0.39, 0.29) is 0 Å². The molecular weight excluding hydrogens is 296 g/mol. The van der Waals surface area contributed by atoms with Gasteiger partial charge in [-0.1, -0.05) is 37.1 Å². The van der Waals surface area contributed by atoms with Crippen LogP contribution in [0.4, 0.5) is 11.6 Å². The molecule has 0 unspecified atom stereocenters. The lowest BCUT2D eigenvalue weighted by molar-refractivity contribution is 0.387. The van der Waals surface area contributed by atoms with Crippen LogP contribution in [0.5, 0.6) is 0 Å². The maximum atomic E-state index is 4.60. The number of rotatable bonds is 3. The Morgan fingerprint density at radius 2 is 1.79 bits per heavy atom. The molecule has 1 aromatic carbocycles. The second-order valence-electron chi connectivity index (χ2n) is 7.46. The molecule has 24 heavy (non-hydrogen) atoms. The van der Waals surface area contributed by atoms with E-state index in [1.54, 1.807) is 11.9 Å². The second kappa shape index (κ2) is 5.76. The molecule has 2 aliphatic carbocycles. The van der Waals surface area contributed by atoms with E-state index in [0.717, 1.165) is 18.2 Å². The predicted octanol–water partition coefficient (Wildman–Crippen LogP) is 4.27. The average Bonchev–Trinajstić information content (AvgIpc) is 3.16. The van der Waals surface area contributed by atoms with Gasteiger partial charge in [0.2, 0.25) is 0 Å². The monoisotopic (exact) mass is 320 g/mol. The SMILES string of the molecule is c1ccc2c(c1)[C@H]1CC[C@H]2N(c2cc(NC3CCCC3)ncn2)C1. The van der Waals surface area contributed by atoms with Gasteiger partial charge < -0.3 is 10.2 Å². The van der Waals surface area contributed by atoms with Crippen molar-refractivity contribution in [3.05, 3.63) is 47.8 Å². The van der Waals surface area contributed by atoms with E-state index in [1.807, 2.05) is 0 Å². The zero-order valence-electron chi connectivity index (χ0n) is 14.0. The molecule has 0 spiro atoms. The van der Waals surface area contributed by atoms with Crippen LogP contribution in [0.2, 0.25) is 0 Å². The fourth-order valence-electron chi connectivity index (χ4n) is 4.85. The molecule has 0 amide bonds. The molecule has 2 fully saturated rings. The van der Waals surface area contributed by atoms with Crippen molar-refractivity contribution >= 4 is 11.6 Å². The van der Waals surface area contributed by atoms with Crippen molar-refractivity contribution in [3.8, 4) is 0 Å².